The molecule has 0 saturated carbocycles. The smallest absolute Gasteiger partial charge is 0.313 e. The molecule has 3 N–H and O–H groups in total. The number of hydrogen-bond donors (Lipinski definition) is 2. The van der Waals surface area contributed by atoms with Crippen LogP contribution in [0.25, 0.3) is 0 Å². The lowest BCUT2D eigenvalue weighted by Crippen LogP contribution is -2.00. The van der Waals surface area contributed by atoms with Crippen molar-refractivity contribution in [2.75, 3.05) is 11.1 Å². The molecule has 0 fully saturated rings. The average molecular weight is 265 g/mol. The molecule has 2 aromatic rings. The first-order valence-electron chi connectivity index (χ1n) is 4.99. The molecule has 2 rings (SSSR count). The molecule has 1 heterocycles. The Morgan fingerprint density at radius 2 is 2.17 bits per heavy atom. The second kappa shape index (κ2) is 4.89. The molecule has 1 aromatic heterocycles. The van der Waals surface area contributed by atoms with Gasteiger partial charge in [0.2, 0.25) is 5.82 Å². The van der Waals surface area contributed by atoms with Gasteiger partial charge in [0, 0.05) is 23.6 Å². The predicted octanol–water partition coefficient (Wildman–Crippen LogP) is 2.97. The molecule has 92 valence electrons. The number of benzene rings is 1. The zero-order valence-electron chi connectivity index (χ0n) is 9.13. The monoisotopic (exact) mass is 264 g/mol. The van der Waals surface area contributed by atoms with E-state index in [4.69, 9.17) is 17.3 Å². The molecule has 18 heavy (non-hydrogen) atoms. The Labute approximate surface area is 108 Å². The maximum Gasteiger partial charge on any atom is 0.313 e. The van der Waals surface area contributed by atoms with Crippen LogP contribution in [0.15, 0.2) is 36.5 Å². The number of nitrogens with zero attached hydrogens (tertiary/aromatic N) is 2. The van der Waals surface area contributed by atoms with Gasteiger partial charge in [-0.1, -0.05) is 17.7 Å². The van der Waals surface area contributed by atoms with E-state index in [0.29, 0.717) is 11.4 Å². The van der Waals surface area contributed by atoms with Gasteiger partial charge in [0.05, 0.1) is 9.95 Å². The molecular weight excluding hydrogens is 256 g/mol. The van der Waals surface area contributed by atoms with Crippen molar-refractivity contribution in [3.63, 3.8) is 0 Å². The lowest BCUT2D eigenvalue weighted by atomic mass is 10.3. The Bertz CT molecular complexity index is 603. The second-order valence-corrected chi connectivity index (χ2v) is 3.97. The van der Waals surface area contributed by atoms with Gasteiger partial charge in [0.1, 0.15) is 0 Å². The standard InChI is InChI=1S/C11H9ClN4O2/c12-7-4-10(16(17)18)11(14-6-7)15-9-3-1-2-8(13)5-9/h1-6H,13H2,(H,14,15). The summed E-state index contributed by atoms with van der Waals surface area (Å²) in [6.07, 6.45) is 1.34. The largest absolute Gasteiger partial charge is 0.399 e. The molecule has 0 spiro atoms. The number of rotatable bonds is 3. The minimum atomic E-state index is -0.548. The van der Waals surface area contributed by atoms with Crippen LogP contribution in [-0.2, 0) is 0 Å². The van der Waals surface area contributed by atoms with Gasteiger partial charge in [0.25, 0.3) is 0 Å². The van der Waals surface area contributed by atoms with Crippen molar-refractivity contribution in [1.82, 2.24) is 4.98 Å². The molecule has 0 unspecified atom stereocenters. The first-order chi connectivity index (χ1) is 8.56. The molecule has 0 radical (unpaired) electrons. The van der Waals surface area contributed by atoms with Crippen LogP contribution in [0.1, 0.15) is 0 Å². The topological polar surface area (TPSA) is 94.1 Å². The number of nitrogens with one attached hydrogen (secondary N) is 1. The van der Waals surface area contributed by atoms with Crippen molar-refractivity contribution in [3.05, 3.63) is 51.7 Å². The zero-order chi connectivity index (χ0) is 13.1. The highest BCUT2D eigenvalue weighted by Gasteiger charge is 2.16. The summed E-state index contributed by atoms with van der Waals surface area (Å²) in [4.78, 5) is 14.2. The highest BCUT2D eigenvalue weighted by molar-refractivity contribution is 6.30. The molecule has 6 nitrogen and oxygen atoms in total. The zero-order valence-corrected chi connectivity index (χ0v) is 9.89. The van der Waals surface area contributed by atoms with Gasteiger partial charge in [-0.15, -0.1) is 0 Å². The first kappa shape index (κ1) is 12.1. The number of aromatic nitrogens is 1. The third-order valence-electron chi connectivity index (χ3n) is 2.18. The molecule has 0 saturated heterocycles. The Kier molecular flexibility index (Phi) is 3.29. The Morgan fingerprint density at radius 1 is 1.39 bits per heavy atom. The van der Waals surface area contributed by atoms with Crippen LogP contribution in [-0.4, -0.2) is 9.91 Å². The van der Waals surface area contributed by atoms with Crippen LogP contribution in [0.4, 0.5) is 22.9 Å². The summed E-state index contributed by atoms with van der Waals surface area (Å²) in [6.45, 7) is 0. The van der Waals surface area contributed by atoms with Crippen molar-refractivity contribution in [2.45, 2.75) is 0 Å². The molecule has 1 aromatic carbocycles. The van der Waals surface area contributed by atoms with Gasteiger partial charge >= 0.3 is 5.69 Å². The van der Waals surface area contributed by atoms with Gasteiger partial charge in [-0.25, -0.2) is 4.98 Å². The molecule has 0 aliphatic rings. The number of nitro groups is 1. The highest BCUT2D eigenvalue weighted by atomic mass is 35.5. The maximum atomic E-state index is 10.9. The number of hydrogen-bond acceptors (Lipinski definition) is 5. The SMILES string of the molecule is Nc1cccc(Nc2ncc(Cl)cc2[N+](=O)[O-])c1. The normalized spacial score (nSPS) is 10.1. The summed E-state index contributed by atoms with van der Waals surface area (Å²) in [7, 11) is 0. The van der Waals surface area contributed by atoms with Crippen LogP contribution < -0.4 is 11.1 Å². The van der Waals surface area contributed by atoms with Crippen molar-refractivity contribution >= 4 is 34.5 Å². The molecule has 0 aliphatic heterocycles. The number of pyridine rings is 1. The van der Waals surface area contributed by atoms with Crippen LogP contribution in [0.2, 0.25) is 5.02 Å². The summed E-state index contributed by atoms with van der Waals surface area (Å²) >= 11 is 5.67. The minimum absolute atomic E-state index is 0.120. The van der Waals surface area contributed by atoms with Crippen molar-refractivity contribution < 1.29 is 4.92 Å². The lowest BCUT2D eigenvalue weighted by Gasteiger charge is -2.06. The fourth-order valence-electron chi connectivity index (χ4n) is 1.42. The van der Waals surface area contributed by atoms with Gasteiger partial charge in [-0.05, 0) is 18.2 Å². The summed E-state index contributed by atoms with van der Waals surface area (Å²) in [5.74, 6) is 0.120. The third kappa shape index (κ3) is 2.67. The van der Waals surface area contributed by atoms with E-state index in [-0.39, 0.29) is 16.5 Å². The van der Waals surface area contributed by atoms with E-state index in [9.17, 15) is 10.1 Å². The molecule has 7 heteroatoms. The minimum Gasteiger partial charge on any atom is -0.399 e. The van der Waals surface area contributed by atoms with E-state index in [1.165, 1.54) is 12.3 Å². The average Bonchev–Trinajstić information content (AvgIpc) is 2.31. The maximum absolute atomic E-state index is 10.9. The van der Waals surface area contributed by atoms with Gasteiger partial charge in [0.15, 0.2) is 0 Å². The Hall–Kier alpha value is -2.34. The summed E-state index contributed by atoms with van der Waals surface area (Å²) in [6, 6.07) is 8.08. The Balaban J connectivity index is 2.37. The van der Waals surface area contributed by atoms with E-state index in [2.05, 4.69) is 10.3 Å². The number of anilines is 3. The molecule has 0 atom stereocenters. The first-order valence-corrected chi connectivity index (χ1v) is 5.36. The van der Waals surface area contributed by atoms with E-state index >= 15 is 0 Å². The Morgan fingerprint density at radius 3 is 2.83 bits per heavy atom. The van der Waals surface area contributed by atoms with Crippen LogP contribution >= 0.6 is 11.6 Å². The van der Waals surface area contributed by atoms with Crippen LogP contribution in [0, 0.1) is 10.1 Å². The number of nitrogen functional groups attached to an aromatic ring is 1. The predicted molar refractivity (Wildman–Crippen MR) is 70.0 cm³/mol. The summed E-state index contributed by atoms with van der Waals surface area (Å²) in [5.41, 5.74) is 6.60. The molecular formula is C11H9ClN4O2. The van der Waals surface area contributed by atoms with E-state index in [1.807, 2.05) is 0 Å². The van der Waals surface area contributed by atoms with Crippen molar-refractivity contribution in [1.29, 1.82) is 0 Å². The van der Waals surface area contributed by atoms with E-state index in [1.54, 1.807) is 24.3 Å². The van der Waals surface area contributed by atoms with E-state index < -0.39 is 4.92 Å². The summed E-state index contributed by atoms with van der Waals surface area (Å²) in [5, 5.41) is 13.9. The van der Waals surface area contributed by atoms with Gasteiger partial charge < -0.3 is 11.1 Å². The lowest BCUT2D eigenvalue weighted by molar-refractivity contribution is -0.384. The van der Waals surface area contributed by atoms with Crippen molar-refractivity contribution in [2.24, 2.45) is 0 Å². The van der Waals surface area contributed by atoms with Crippen LogP contribution in [0.3, 0.4) is 0 Å². The summed E-state index contributed by atoms with van der Waals surface area (Å²) < 4.78 is 0. The molecule has 0 aliphatic carbocycles. The second-order valence-electron chi connectivity index (χ2n) is 3.53. The van der Waals surface area contributed by atoms with E-state index in [0.717, 1.165) is 0 Å². The fraction of sp³-hybridized carbons (Fsp3) is 0. The number of halogens is 1. The highest BCUT2D eigenvalue weighted by Crippen LogP contribution is 2.28. The fourth-order valence-corrected chi connectivity index (χ4v) is 1.57. The van der Waals surface area contributed by atoms with Gasteiger partial charge in [-0.2, -0.15) is 0 Å². The molecule has 0 amide bonds. The molecule has 0 bridgehead atoms. The third-order valence-corrected chi connectivity index (χ3v) is 2.39. The van der Waals surface area contributed by atoms with Crippen LogP contribution in [0.5, 0.6) is 0 Å². The van der Waals surface area contributed by atoms with Gasteiger partial charge in [-0.3, -0.25) is 10.1 Å². The van der Waals surface area contributed by atoms with Crippen molar-refractivity contribution in [3.8, 4) is 0 Å². The number of nitrogens with two attached hydrogens (primary N) is 1. The quantitative estimate of drug-likeness (QED) is 0.505.